The predicted molar refractivity (Wildman–Crippen MR) is 81.7 cm³/mol. The van der Waals surface area contributed by atoms with Gasteiger partial charge in [-0.05, 0) is 64.2 Å². The van der Waals surface area contributed by atoms with Gasteiger partial charge in [0.05, 0.1) is 0 Å². The highest BCUT2D eigenvalue weighted by Crippen LogP contribution is 2.41. The van der Waals surface area contributed by atoms with Gasteiger partial charge in [-0.3, -0.25) is 9.80 Å². The Morgan fingerprint density at radius 3 is 2.60 bits per heavy atom. The molecule has 4 nitrogen and oxygen atoms in total. The minimum absolute atomic E-state index is 0.335. The maximum atomic E-state index is 6.33. The summed E-state index contributed by atoms with van der Waals surface area (Å²) in [6.45, 7) is 10.0. The van der Waals surface area contributed by atoms with Gasteiger partial charge in [-0.2, -0.15) is 0 Å². The number of piperidine rings is 1. The summed E-state index contributed by atoms with van der Waals surface area (Å²) in [6, 6.07) is 0.820. The molecule has 4 unspecified atom stereocenters. The minimum atomic E-state index is 0.335. The maximum absolute atomic E-state index is 6.33. The highest BCUT2D eigenvalue weighted by molar-refractivity contribution is 5.07. The second kappa shape index (κ2) is 5.24. The average Bonchev–Trinajstić information content (AvgIpc) is 3.20. The molecule has 4 aliphatic rings. The lowest BCUT2D eigenvalue weighted by Crippen LogP contribution is -2.62. The predicted octanol–water partition coefficient (Wildman–Crippen LogP) is 0.580. The smallest absolute Gasteiger partial charge is 0.0385 e. The molecule has 4 saturated heterocycles. The van der Waals surface area contributed by atoms with E-state index in [-0.39, 0.29) is 0 Å². The lowest BCUT2D eigenvalue weighted by atomic mass is 9.77. The van der Waals surface area contributed by atoms with Crippen molar-refractivity contribution in [2.24, 2.45) is 11.7 Å². The van der Waals surface area contributed by atoms with E-state index in [1.807, 2.05) is 0 Å². The first-order valence-corrected chi connectivity index (χ1v) is 8.73. The van der Waals surface area contributed by atoms with Gasteiger partial charge in [0.15, 0.2) is 0 Å². The second-order valence-electron chi connectivity index (χ2n) is 7.48. The first-order valence-electron chi connectivity index (χ1n) is 8.73. The third-order valence-corrected chi connectivity index (χ3v) is 6.70. The number of fused-ring (bicyclic) bond motifs is 2. The molecule has 4 fully saturated rings. The van der Waals surface area contributed by atoms with Crippen LogP contribution in [-0.2, 0) is 0 Å². The molecule has 0 amide bonds. The van der Waals surface area contributed by atoms with E-state index in [2.05, 4.69) is 14.7 Å². The standard InChI is InChI=1S/C16H30N4/c17-13-16(5-10-18-8-3-14(16)11-18)20-9-4-15(12-20)19-6-1-2-7-19/h14-15H,1-13,17H2. The van der Waals surface area contributed by atoms with Crippen LogP contribution in [0.5, 0.6) is 0 Å². The summed E-state index contributed by atoms with van der Waals surface area (Å²) in [6.07, 6.45) is 6.88. The fourth-order valence-corrected chi connectivity index (χ4v) is 5.40. The monoisotopic (exact) mass is 278 g/mol. The molecule has 0 spiro atoms. The van der Waals surface area contributed by atoms with Crippen LogP contribution in [0.25, 0.3) is 0 Å². The van der Waals surface area contributed by atoms with Crippen LogP contribution >= 0.6 is 0 Å². The Balaban J connectivity index is 1.48. The zero-order valence-electron chi connectivity index (χ0n) is 12.8. The Hall–Kier alpha value is -0.160. The molecule has 20 heavy (non-hydrogen) atoms. The van der Waals surface area contributed by atoms with Gasteiger partial charge < -0.3 is 10.6 Å². The van der Waals surface area contributed by atoms with Gasteiger partial charge in [-0.1, -0.05) is 0 Å². The van der Waals surface area contributed by atoms with Gasteiger partial charge in [0.1, 0.15) is 0 Å². The fourth-order valence-electron chi connectivity index (χ4n) is 5.40. The lowest BCUT2D eigenvalue weighted by molar-refractivity contribution is 0.0201. The summed E-state index contributed by atoms with van der Waals surface area (Å²) in [4.78, 5) is 8.20. The summed E-state index contributed by atoms with van der Waals surface area (Å²) in [5.74, 6) is 0.832. The minimum Gasteiger partial charge on any atom is -0.329 e. The highest BCUT2D eigenvalue weighted by atomic mass is 15.3. The summed E-state index contributed by atoms with van der Waals surface area (Å²) in [7, 11) is 0. The van der Waals surface area contributed by atoms with Crippen LogP contribution in [-0.4, -0.2) is 78.6 Å². The van der Waals surface area contributed by atoms with Gasteiger partial charge in [0, 0.05) is 37.8 Å². The quantitative estimate of drug-likeness (QED) is 0.819. The second-order valence-corrected chi connectivity index (χ2v) is 7.48. The van der Waals surface area contributed by atoms with Crippen molar-refractivity contribution in [3.05, 3.63) is 0 Å². The van der Waals surface area contributed by atoms with Crippen LogP contribution in [0.3, 0.4) is 0 Å². The third-order valence-electron chi connectivity index (χ3n) is 6.70. The number of nitrogens with zero attached hydrogens (tertiary/aromatic N) is 3. The van der Waals surface area contributed by atoms with E-state index in [4.69, 9.17) is 5.73 Å². The molecule has 114 valence electrons. The molecule has 0 aromatic heterocycles. The van der Waals surface area contributed by atoms with E-state index in [1.165, 1.54) is 77.9 Å². The van der Waals surface area contributed by atoms with Crippen molar-refractivity contribution in [1.29, 1.82) is 0 Å². The highest BCUT2D eigenvalue weighted by Gasteiger charge is 2.50. The topological polar surface area (TPSA) is 35.7 Å². The molecule has 4 aliphatic heterocycles. The van der Waals surface area contributed by atoms with Crippen molar-refractivity contribution in [3.63, 3.8) is 0 Å². The van der Waals surface area contributed by atoms with Crippen LogP contribution < -0.4 is 5.73 Å². The Morgan fingerprint density at radius 1 is 0.950 bits per heavy atom. The Kier molecular flexibility index (Phi) is 3.53. The van der Waals surface area contributed by atoms with Gasteiger partial charge in [0.2, 0.25) is 0 Å². The molecular weight excluding hydrogens is 248 g/mol. The van der Waals surface area contributed by atoms with E-state index < -0.39 is 0 Å². The van der Waals surface area contributed by atoms with E-state index in [1.54, 1.807) is 0 Å². The fraction of sp³-hybridized carbons (Fsp3) is 1.00. The molecule has 4 heteroatoms. The molecule has 4 atom stereocenters. The molecule has 0 radical (unpaired) electrons. The van der Waals surface area contributed by atoms with Crippen LogP contribution in [0.15, 0.2) is 0 Å². The first kappa shape index (κ1) is 13.5. The third kappa shape index (κ3) is 2.04. The van der Waals surface area contributed by atoms with E-state index >= 15 is 0 Å². The van der Waals surface area contributed by atoms with Gasteiger partial charge in [-0.15, -0.1) is 0 Å². The Morgan fingerprint density at radius 2 is 1.80 bits per heavy atom. The Bertz CT molecular complexity index is 354. The van der Waals surface area contributed by atoms with Crippen molar-refractivity contribution < 1.29 is 0 Å². The van der Waals surface area contributed by atoms with Crippen molar-refractivity contribution >= 4 is 0 Å². The largest absolute Gasteiger partial charge is 0.329 e. The van der Waals surface area contributed by atoms with Gasteiger partial charge in [0.25, 0.3) is 0 Å². The number of hydrogen-bond acceptors (Lipinski definition) is 4. The lowest BCUT2D eigenvalue weighted by Gasteiger charge is -2.49. The number of hydrogen-bond donors (Lipinski definition) is 1. The molecule has 0 saturated carbocycles. The number of rotatable bonds is 3. The zero-order chi connectivity index (χ0) is 13.6. The molecular formula is C16H30N4. The first-order chi connectivity index (χ1) is 9.82. The van der Waals surface area contributed by atoms with Crippen molar-refractivity contribution in [2.75, 3.05) is 52.4 Å². The summed E-state index contributed by atoms with van der Waals surface area (Å²) in [5, 5.41) is 0. The maximum Gasteiger partial charge on any atom is 0.0385 e. The SMILES string of the molecule is NCC1(N2CCC(N3CCCC3)C2)CCN2CCC1C2. The van der Waals surface area contributed by atoms with Crippen molar-refractivity contribution in [2.45, 2.75) is 43.7 Å². The normalized spacial score (nSPS) is 46.4. The number of likely N-dealkylation sites (tertiary alicyclic amines) is 2. The van der Waals surface area contributed by atoms with Crippen LogP contribution in [0, 0.1) is 5.92 Å². The van der Waals surface area contributed by atoms with Crippen molar-refractivity contribution in [3.8, 4) is 0 Å². The molecule has 4 heterocycles. The molecule has 2 bridgehead atoms. The van der Waals surface area contributed by atoms with Crippen molar-refractivity contribution in [1.82, 2.24) is 14.7 Å². The van der Waals surface area contributed by atoms with Crippen LogP contribution in [0.4, 0.5) is 0 Å². The van der Waals surface area contributed by atoms with Gasteiger partial charge in [-0.25, -0.2) is 0 Å². The average molecular weight is 278 g/mol. The molecule has 0 aliphatic carbocycles. The summed E-state index contributed by atoms with van der Waals surface area (Å²) in [5.41, 5.74) is 6.66. The molecule has 4 rings (SSSR count). The summed E-state index contributed by atoms with van der Waals surface area (Å²) < 4.78 is 0. The van der Waals surface area contributed by atoms with Gasteiger partial charge >= 0.3 is 0 Å². The molecule has 0 aromatic rings. The molecule has 2 N–H and O–H groups in total. The van der Waals surface area contributed by atoms with Crippen LogP contribution in [0.2, 0.25) is 0 Å². The van der Waals surface area contributed by atoms with Crippen LogP contribution in [0.1, 0.15) is 32.1 Å². The number of nitrogens with two attached hydrogens (primary N) is 1. The summed E-state index contributed by atoms with van der Waals surface area (Å²) >= 11 is 0. The van der Waals surface area contributed by atoms with E-state index in [9.17, 15) is 0 Å². The van der Waals surface area contributed by atoms with E-state index in [0.717, 1.165) is 18.5 Å². The van der Waals surface area contributed by atoms with E-state index in [0.29, 0.717) is 5.54 Å². The Labute approximate surface area is 123 Å². The molecule has 0 aromatic carbocycles. The zero-order valence-corrected chi connectivity index (χ0v) is 12.8.